The minimum Gasteiger partial charge on any atom is -0.340 e. The summed E-state index contributed by atoms with van der Waals surface area (Å²) in [6.45, 7) is 0. The summed E-state index contributed by atoms with van der Waals surface area (Å²) in [6.07, 6.45) is 1.78. The Morgan fingerprint density at radius 2 is 1.72 bits per heavy atom. The first-order valence-electron chi connectivity index (χ1n) is 5.69. The topological polar surface area (TPSA) is 24.9 Å². The van der Waals surface area contributed by atoms with Gasteiger partial charge in [0.1, 0.15) is 5.82 Å². The number of hydrogen-bond donors (Lipinski definition) is 1. The van der Waals surface area contributed by atoms with Crippen molar-refractivity contribution in [2.75, 3.05) is 5.32 Å². The lowest BCUT2D eigenvalue weighted by Gasteiger charge is -2.06. The number of nitrogens with zero attached hydrogens (tertiary/aromatic N) is 1. The number of nitrogens with one attached hydrogen (secondary N) is 1. The summed E-state index contributed by atoms with van der Waals surface area (Å²) in [7, 11) is 0. The van der Waals surface area contributed by atoms with Crippen molar-refractivity contribution in [2.24, 2.45) is 0 Å². The first kappa shape index (κ1) is 11.2. The van der Waals surface area contributed by atoms with Crippen LogP contribution in [0.3, 0.4) is 0 Å². The maximum absolute atomic E-state index is 4.30. The maximum atomic E-state index is 4.30. The van der Waals surface area contributed by atoms with Gasteiger partial charge in [-0.2, -0.15) is 0 Å². The first-order valence-corrected chi connectivity index (χ1v) is 6.48. The molecule has 0 unspecified atom stereocenters. The molecule has 1 heterocycles. The number of hydrogen-bond acceptors (Lipinski definition) is 2. The quantitative estimate of drug-likeness (QED) is 0.739. The van der Waals surface area contributed by atoms with Crippen LogP contribution in [0.25, 0.3) is 10.8 Å². The first-order chi connectivity index (χ1) is 8.81. The van der Waals surface area contributed by atoms with Crippen molar-refractivity contribution in [3.8, 4) is 0 Å². The fourth-order valence-corrected chi connectivity index (χ4v) is 2.10. The van der Waals surface area contributed by atoms with Crippen molar-refractivity contribution in [1.82, 2.24) is 4.98 Å². The normalized spacial score (nSPS) is 10.5. The molecule has 0 atom stereocenters. The summed E-state index contributed by atoms with van der Waals surface area (Å²) in [5.74, 6) is 0.841. The zero-order valence-corrected chi connectivity index (χ0v) is 11.2. The summed E-state index contributed by atoms with van der Waals surface area (Å²) in [6, 6.07) is 18.5. The van der Waals surface area contributed by atoms with E-state index in [0.717, 1.165) is 16.0 Å². The minimum atomic E-state index is 0.841. The van der Waals surface area contributed by atoms with E-state index in [1.807, 2.05) is 24.3 Å². The molecule has 2 aromatic carbocycles. The lowest BCUT2D eigenvalue weighted by molar-refractivity contribution is 1.29. The predicted octanol–water partition coefficient (Wildman–Crippen LogP) is 4.74. The number of benzene rings is 2. The van der Waals surface area contributed by atoms with Crippen molar-refractivity contribution < 1.29 is 0 Å². The molecule has 0 aliphatic rings. The highest BCUT2D eigenvalue weighted by molar-refractivity contribution is 9.10. The third-order valence-corrected chi connectivity index (χ3v) is 3.22. The van der Waals surface area contributed by atoms with Crippen LogP contribution in [0.1, 0.15) is 0 Å². The van der Waals surface area contributed by atoms with Gasteiger partial charge in [-0.05, 0) is 51.0 Å². The van der Waals surface area contributed by atoms with Gasteiger partial charge in [-0.3, -0.25) is 0 Å². The van der Waals surface area contributed by atoms with E-state index in [2.05, 4.69) is 56.6 Å². The second-order valence-corrected chi connectivity index (χ2v) is 4.96. The Morgan fingerprint density at radius 3 is 2.50 bits per heavy atom. The largest absolute Gasteiger partial charge is 0.340 e. The monoisotopic (exact) mass is 298 g/mol. The molecule has 3 aromatic rings. The zero-order chi connectivity index (χ0) is 12.4. The van der Waals surface area contributed by atoms with Crippen LogP contribution in [0.2, 0.25) is 0 Å². The van der Waals surface area contributed by atoms with Crippen molar-refractivity contribution >= 4 is 38.2 Å². The molecule has 0 spiro atoms. The summed E-state index contributed by atoms with van der Waals surface area (Å²) >= 11 is 3.37. The van der Waals surface area contributed by atoms with Crippen LogP contribution in [0, 0.1) is 0 Å². The van der Waals surface area contributed by atoms with E-state index in [1.165, 1.54) is 10.8 Å². The molecule has 1 aromatic heterocycles. The maximum Gasteiger partial charge on any atom is 0.130 e. The highest BCUT2D eigenvalue weighted by Crippen LogP contribution is 2.21. The molecular formula is C15H11BrN2. The number of anilines is 2. The molecule has 0 saturated heterocycles. The second kappa shape index (κ2) is 4.78. The van der Waals surface area contributed by atoms with E-state index in [4.69, 9.17) is 0 Å². The molecule has 3 rings (SSSR count). The van der Waals surface area contributed by atoms with Gasteiger partial charge in [0, 0.05) is 16.4 Å². The summed E-state index contributed by atoms with van der Waals surface area (Å²) in [5.41, 5.74) is 1.04. The van der Waals surface area contributed by atoms with Crippen molar-refractivity contribution in [2.45, 2.75) is 0 Å². The van der Waals surface area contributed by atoms with Gasteiger partial charge in [0.15, 0.2) is 0 Å². The Bertz CT molecular complexity index is 677. The van der Waals surface area contributed by atoms with Crippen LogP contribution in [-0.2, 0) is 0 Å². The average Bonchev–Trinajstić information content (AvgIpc) is 2.41. The number of halogens is 1. The molecule has 0 aliphatic heterocycles. The summed E-state index contributed by atoms with van der Waals surface area (Å²) in [5, 5.41) is 5.76. The zero-order valence-electron chi connectivity index (χ0n) is 9.60. The van der Waals surface area contributed by atoms with E-state index < -0.39 is 0 Å². The van der Waals surface area contributed by atoms with Gasteiger partial charge in [-0.25, -0.2) is 4.98 Å². The highest BCUT2D eigenvalue weighted by atomic mass is 79.9. The van der Waals surface area contributed by atoms with E-state index in [-0.39, 0.29) is 0 Å². The van der Waals surface area contributed by atoms with Gasteiger partial charge in [0.25, 0.3) is 0 Å². The molecular weight excluding hydrogens is 288 g/mol. The van der Waals surface area contributed by atoms with Crippen LogP contribution in [0.15, 0.2) is 65.3 Å². The smallest absolute Gasteiger partial charge is 0.130 e. The van der Waals surface area contributed by atoms with Crippen molar-refractivity contribution in [1.29, 1.82) is 0 Å². The van der Waals surface area contributed by atoms with Crippen LogP contribution in [0.4, 0.5) is 11.5 Å². The lowest BCUT2D eigenvalue weighted by Crippen LogP contribution is -1.92. The Balaban J connectivity index is 1.92. The molecule has 18 heavy (non-hydrogen) atoms. The number of rotatable bonds is 2. The molecule has 0 fully saturated rings. The second-order valence-electron chi connectivity index (χ2n) is 4.05. The fourth-order valence-electron chi connectivity index (χ4n) is 1.86. The number of aromatic nitrogens is 1. The van der Waals surface area contributed by atoms with Gasteiger partial charge in [0.2, 0.25) is 0 Å². The molecule has 3 heteroatoms. The van der Waals surface area contributed by atoms with Gasteiger partial charge < -0.3 is 5.32 Å². The van der Waals surface area contributed by atoms with Crippen LogP contribution in [0.5, 0.6) is 0 Å². The molecule has 88 valence electrons. The molecule has 0 bridgehead atoms. The standard InChI is InChI=1S/C15H11BrN2/c16-13-6-8-15(17-10-13)18-14-7-5-11-3-1-2-4-12(11)9-14/h1-10H,(H,17,18). The lowest BCUT2D eigenvalue weighted by atomic mass is 10.1. The van der Waals surface area contributed by atoms with Crippen LogP contribution >= 0.6 is 15.9 Å². The summed E-state index contributed by atoms with van der Waals surface area (Å²) in [4.78, 5) is 4.30. The third-order valence-electron chi connectivity index (χ3n) is 2.75. The third kappa shape index (κ3) is 2.36. The molecule has 0 amide bonds. The van der Waals surface area contributed by atoms with E-state index >= 15 is 0 Å². The van der Waals surface area contributed by atoms with Crippen LogP contribution < -0.4 is 5.32 Å². The fraction of sp³-hybridized carbons (Fsp3) is 0. The Morgan fingerprint density at radius 1 is 0.889 bits per heavy atom. The SMILES string of the molecule is Brc1ccc(Nc2ccc3ccccc3c2)nc1. The Kier molecular flexibility index (Phi) is 2.99. The van der Waals surface area contributed by atoms with E-state index in [0.29, 0.717) is 0 Å². The number of fused-ring (bicyclic) bond motifs is 1. The molecule has 1 N–H and O–H groups in total. The van der Waals surface area contributed by atoms with E-state index in [9.17, 15) is 0 Å². The van der Waals surface area contributed by atoms with Crippen LogP contribution in [-0.4, -0.2) is 4.98 Å². The number of pyridine rings is 1. The minimum absolute atomic E-state index is 0.841. The molecule has 0 radical (unpaired) electrons. The molecule has 2 nitrogen and oxygen atoms in total. The summed E-state index contributed by atoms with van der Waals surface area (Å²) < 4.78 is 0.978. The Labute approximate surface area is 114 Å². The van der Waals surface area contributed by atoms with Gasteiger partial charge in [0.05, 0.1) is 0 Å². The van der Waals surface area contributed by atoms with Gasteiger partial charge in [-0.15, -0.1) is 0 Å². The van der Waals surface area contributed by atoms with E-state index in [1.54, 1.807) is 6.20 Å². The highest BCUT2D eigenvalue weighted by Gasteiger charge is 1.98. The van der Waals surface area contributed by atoms with Crippen molar-refractivity contribution in [3.05, 3.63) is 65.3 Å². The van der Waals surface area contributed by atoms with Gasteiger partial charge in [-0.1, -0.05) is 30.3 Å². The predicted molar refractivity (Wildman–Crippen MR) is 79.2 cm³/mol. The Hall–Kier alpha value is -1.87. The average molecular weight is 299 g/mol. The van der Waals surface area contributed by atoms with Gasteiger partial charge >= 0.3 is 0 Å². The molecule has 0 aliphatic carbocycles. The molecule has 0 saturated carbocycles. The van der Waals surface area contributed by atoms with Crippen molar-refractivity contribution in [3.63, 3.8) is 0 Å².